The number of hydrogen-bond acceptors (Lipinski definition) is 6. The van der Waals surface area contributed by atoms with Gasteiger partial charge in [-0.15, -0.1) is 0 Å². The highest BCUT2D eigenvalue weighted by Crippen LogP contribution is 2.17. The Labute approximate surface area is 142 Å². The summed E-state index contributed by atoms with van der Waals surface area (Å²) in [6, 6.07) is 9.45. The van der Waals surface area contributed by atoms with E-state index in [0.717, 1.165) is 22.2 Å². The van der Waals surface area contributed by atoms with E-state index in [9.17, 15) is 14.4 Å². The Morgan fingerprint density at radius 3 is 2.50 bits per heavy atom. The fourth-order valence-electron chi connectivity index (χ4n) is 2.16. The lowest BCUT2D eigenvalue weighted by Crippen LogP contribution is -2.37. The summed E-state index contributed by atoms with van der Waals surface area (Å²) < 4.78 is 0. The molecule has 0 aliphatic carbocycles. The minimum absolute atomic E-state index is 0.166. The van der Waals surface area contributed by atoms with Gasteiger partial charge in [-0.25, -0.2) is 9.97 Å². The van der Waals surface area contributed by atoms with Crippen molar-refractivity contribution in [2.75, 3.05) is 18.8 Å². The van der Waals surface area contributed by atoms with Crippen LogP contribution in [-0.2, 0) is 4.79 Å². The molecule has 3 amide bonds. The van der Waals surface area contributed by atoms with Gasteiger partial charge in [0, 0.05) is 31.0 Å². The van der Waals surface area contributed by atoms with E-state index in [1.807, 2.05) is 30.3 Å². The van der Waals surface area contributed by atoms with Gasteiger partial charge in [0.25, 0.3) is 11.1 Å². The number of hydrogen-bond donors (Lipinski definition) is 1. The SMILES string of the molecule is O=C(NCCN1C(=O)CSC1=O)c1cnc(-c2ccccc2)nc1. The summed E-state index contributed by atoms with van der Waals surface area (Å²) in [6.07, 6.45) is 2.90. The molecule has 2 heterocycles. The average molecular weight is 342 g/mol. The highest BCUT2D eigenvalue weighted by molar-refractivity contribution is 8.14. The summed E-state index contributed by atoms with van der Waals surface area (Å²) in [5.41, 5.74) is 1.19. The summed E-state index contributed by atoms with van der Waals surface area (Å²) >= 11 is 0.973. The third-order valence-corrected chi connectivity index (χ3v) is 4.27. The first kappa shape index (κ1) is 16.1. The zero-order valence-electron chi connectivity index (χ0n) is 12.6. The van der Waals surface area contributed by atoms with Crippen LogP contribution in [0.3, 0.4) is 0 Å². The predicted molar refractivity (Wildman–Crippen MR) is 89.4 cm³/mol. The molecule has 8 heteroatoms. The van der Waals surface area contributed by atoms with E-state index in [1.165, 1.54) is 12.4 Å². The highest BCUT2D eigenvalue weighted by atomic mass is 32.2. The first-order chi connectivity index (χ1) is 11.6. The number of carbonyl (C=O) groups excluding carboxylic acids is 3. The quantitative estimate of drug-likeness (QED) is 0.887. The molecular formula is C16H14N4O3S. The molecule has 0 radical (unpaired) electrons. The minimum atomic E-state index is -0.346. The molecule has 1 aliphatic heterocycles. The van der Waals surface area contributed by atoms with Crippen molar-refractivity contribution in [3.63, 3.8) is 0 Å². The van der Waals surface area contributed by atoms with Crippen LogP contribution in [0.25, 0.3) is 11.4 Å². The molecule has 7 nitrogen and oxygen atoms in total. The molecular weight excluding hydrogens is 328 g/mol. The minimum Gasteiger partial charge on any atom is -0.350 e. The van der Waals surface area contributed by atoms with Crippen LogP contribution in [0.4, 0.5) is 4.79 Å². The van der Waals surface area contributed by atoms with Gasteiger partial charge >= 0.3 is 0 Å². The van der Waals surface area contributed by atoms with Crippen molar-refractivity contribution in [3.05, 3.63) is 48.3 Å². The lowest BCUT2D eigenvalue weighted by molar-refractivity contribution is -0.124. The van der Waals surface area contributed by atoms with Crippen LogP contribution in [0.15, 0.2) is 42.7 Å². The van der Waals surface area contributed by atoms with Crippen LogP contribution in [0.5, 0.6) is 0 Å². The van der Waals surface area contributed by atoms with Gasteiger partial charge in [-0.05, 0) is 0 Å². The van der Waals surface area contributed by atoms with Crippen molar-refractivity contribution in [3.8, 4) is 11.4 Å². The van der Waals surface area contributed by atoms with E-state index in [4.69, 9.17) is 0 Å². The number of imide groups is 1. The van der Waals surface area contributed by atoms with Crippen LogP contribution in [0.2, 0.25) is 0 Å². The highest BCUT2D eigenvalue weighted by Gasteiger charge is 2.29. The molecule has 122 valence electrons. The van der Waals surface area contributed by atoms with Gasteiger partial charge in [-0.2, -0.15) is 0 Å². The van der Waals surface area contributed by atoms with E-state index in [-0.39, 0.29) is 35.9 Å². The number of nitrogens with one attached hydrogen (secondary N) is 1. The normalized spacial score (nSPS) is 14.1. The van der Waals surface area contributed by atoms with Gasteiger partial charge in [-0.1, -0.05) is 42.1 Å². The number of amides is 3. The van der Waals surface area contributed by atoms with Crippen LogP contribution in [0, 0.1) is 0 Å². The second-order valence-corrected chi connectivity index (χ2v) is 5.94. The number of benzene rings is 1. The molecule has 1 aromatic carbocycles. The lowest BCUT2D eigenvalue weighted by Gasteiger charge is -2.13. The molecule has 0 atom stereocenters. The van der Waals surface area contributed by atoms with E-state index in [2.05, 4.69) is 15.3 Å². The molecule has 1 saturated heterocycles. The number of thioether (sulfide) groups is 1. The predicted octanol–water partition coefficient (Wildman–Crippen LogP) is 1.57. The summed E-state index contributed by atoms with van der Waals surface area (Å²) in [5.74, 6) is 0.135. The van der Waals surface area contributed by atoms with Crippen molar-refractivity contribution < 1.29 is 14.4 Å². The number of rotatable bonds is 5. The largest absolute Gasteiger partial charge is 0.350 e. The number of nitrogens with zero attached hydrogens (tertiary/aromatic N) is 3. The zero-order chi connectivity index (χ0) is 16.9. The van der Waals surface area contributed by atoms with Crippen LogP contribution in [0.1, 0.15) is 10.4 Å². The molecule has 24 heavy (non-hydrogen) atoms. The Balaban J connectivity index is 1.56. The average Bonchev–Trinajstić information content (AvgIpc) is 2.94. The monoisotopic (exact) mass is 342 g/mol. The Hall–Kier alpha value is -2.74. The van der Waals surface area contributed by atoms with E-state index in [1.54, 1.807) is 0 Å². The van der Waals surface area contributed by atoms with Gasteiger partial charge in [0.1, 0.15) is 0 Å². The van der Waals surface area contributed by atoms with Crippen LogP contribution in [-0.4, -0.2) is 50.8 Å². The maximum atomic E-state index is 12.0. The Bertz CT molecular complexity index is 749. The van der Waals surface area contributed by atoms with E-state index in [0.29, 0.717) is 11.4 Å². The Morgan fingerprint density at radius 2 is 1.88 bits per heavy atom. The first-order valence-electron chi connectivity index (χ1n) is 7.28. The summed E-state index contributed by atoms with van der Waals surface area (Å²) in [4.78, 5) is 44.4. The standard InChI is InChI=1S/C16H14N4O3S/c21-13-10-24-16(23)20(13)7-6-17-15(22)12-8-18-14(19-9-12)11-4-2-1-3-5-11/h1-5,8-9H,6-7,10H2,(H,17,22). The summed E-state index contributed by atoms with van der Waals surface area (Å²) in [7, 11) is 0. The zero-order valence-corrected chi connectivity index (χ0v) is 13.5. The second-order valence-electron chi connectivity index (χ2n) is 5.02. The first-order valence-corrected chi connectivity index (χ1v) is 8.26. The van der Waals surface area contributed by atoms with Gasteiger partial charge < -0.3 is 5.32 Å². The van der Waals surface area contributed by atoms with Crippen molar-refractivity contribution in [1.82, 2.24) is 20.2 Å². The fraction of sp³-hybridized carbons (Fsp3) is 0.188. The van der Waals surface area contributed by atoms with Gasteiger partial charge in [0.2, 0.25) is 5.91 Å². The topological polar surface area (TPSA) is 92.3 Å². The molecule has 0 saturated carbocycles. The molecule has 1 aromatic heterocycles. The molecule has 3 rings (SSSR count). The van der Waals surface area contributed by atoms with E-state index >= 15 is 0 Å². The molecule has 0 bridgehead atoms. The maximum Gasteiger partial charge on any atom is 0.288 e. The van der Waals surface area contributed by atoms with Crippen molar-refractivity contribution >= 4 is 28.8 Å². The molecule has 2 aromatic rings. The number of aromatic nitrogens is 2. The second kappa shape index (κ2) is 7.22. The fourth-order valence-corrected chi connectivity index (χ4v) is 2.91. The molecule has 0 spiro atoms. The Kier molecular flexibility index (Phi) is 4.85. The summed E-state index contributed by atoms with van der Waals surface area (Å²) in [5, 5.41) is 2.38. The molecule has 1 aliphatic rings. The Morgan fingerprint density at radius 1 is 1.17 bits per heavy atom. The van der Waals surface area contributed by atoms with Gasteiger partial charge in [0.15, 0.2) is 5.82 Å². The third-order valence-electron chi connectivity index (χ3n) is 3.41. The molecule has 0 unspecified atom stereocenters. The lowest BCUT2D eigenvalue weighted by atomic mass is 10.2. The maximum absolute atomic E-state index is 12.0. The summed E-state index contributed by atoms with van der Waals surface area (Å²) in [6.45, 7) is 0.358. The van der Waals surface area contributed by atoms with Crippen molar-refractivity contribution in [2.24, 2.45) is 0 Å². The van der Waals surface area contributed by atoms with Crippen LogP contribution >= 0.6 is 11.8 Å². The van der Waals surface area contributed by atoms with Gasteiger partial charge in [-0.3, -0.25) is 19.3 Å². The molecule has 1 fully saturated rings. The van der Waals surface area contributed by atoms with Gasteiger partial charge in [0.05, 0.1) is 11.3 Å². The third kappa shape index (κ3) is 3.60. The number of carbonyl (C=O) groups is 3. The smallest absolute Gasteiger partial charge is 0.288 e. The van der Waals surface area contributed by atoms with Crippen molar-refractivity contribution in [1.29, 1.82) is 0 Å². The van der Waals surface area contributed by atoms with Crippen LogP contribution < -0.4 is 5.32 Å². The van der Waals surface area contributed by atoms with E-state index < -0.39 is 0 Å². The van der Waals surface area contributed by atoms with Crippen molar-refractivity contribution in [2.45, 2.75) is 0 Å². The molecule has 1 N–H and O–H groups in total.